The van der Waals surface area contributed by atoms with Crippen LogP contribution >= 0.6 is 11.3 Å². The van der Waals surface area contributed by atoms with Crippen LogP contribution in [0.15, 0.2) is 11.6 Å². The highest BCUT2D eigenvalue weighted by atomic mass is 32.1. The van der Waals surface area contributed by atoms with Crippen LogP contribution in [0, 0.1) is 0 Å². The molecular weight excluding hydrogens is 260 g/mol. The Labute approximate surface area is 117 Å². The topological polar surface area (TPSA) is 44.0 Å². The largest absolute Gasteiger partial charge is 0.390 e. The Hall–Kier alpha value is -1.11. The third-order valence-electron chi connectivity index (χ3n) is 3.96. The number of anilines is 1. The van der Waals surface area contributed by atoms with Gasteiger partial charge < -0.3 is 10.0 Å². The first-order valence-corrected chi connectivity index (χ1v) is 7.66. The minimum atomic E-state index is 0.0373. The summed E-state index contributed by atoms with van der Waals surface area (Å²) in [6, 6.07) is 0.532. The number of imidazole rings is 1. The van der Waals surface area contributed by atoms with Crippen LogP contribution in [-0.4, -0.2) is 51.6 Å². The maximum atomic E-state index is 9.63. The summed E-state index contributed by atoms with van der Waals surface area (Å²) in [4.78, 5) is 10.4. The second kappa shape index (κ2) is 5.11. The van der Waals surface area contributed by atoms with Gasteiger partial charge in [0.1, 0.15) is 0 Å². The van der Waals surface area contributed by atoms with Gasteiger partial charge in [-0.05, 0) is 13.5 Å². The van der Waals surface area contributed by atoms with Gasteiger partial charge in [0.05, 0.1) is 12.3 Å². The summed E-state index contributed by atoms with van der Waals surface area (Å²) >= 11 is 1.61. The van der Waals surface area contributed by atoms with E-state index in [4.69, 9.17) is 0 Å². The lowest BCUT2D eigenvalue weighted by atomic mass is 10.2. The van der Waals surface area contributed by atoms with Crippen LogP contribution in [0.25, 0.3) is 4.96 Å². The van der Waals surface area contributed by atoms with Crippen molar-refractivity contribution in [2.45, 2.75) is 26.5 Å². The SMILES string of the molecule is CCN1CCN(c2nc3sccn3c2CO)CC1C. The van der Waals surface area contributed by atoms with Crippen molar-refractivity contribution in [3.63, 3.8) is 0 Å². The van der Waals surface area contributed by atoms with Crippen LogP contribution < -0.4 is 4.90 Å². The molecule has 0 bridgehead atoms. The quantitative estimate of drug-likeness (QED) is 0.923. The Morgan fingerprint density at radius 1 is 1.47 bits per heavy atom. The normalized spacial score (nSPS) is 21.4. The molecule has 1 saturated heterocycles. The average Bonchev–Trinajstić information content (AvgIpc) is 2.98. The van der Waals surface area contributed by atoms with Gasteiger partial charge in [0.15, 0.2) is 10.8 Å². The summed E-state index contributed by atoms with van der Waals surface area (Å²) in [5.41, 5.74) is 0.911. The van der Waals surface area contributed by atoms with Crippen molar-refractivity contribution < 1.29 is 5.11 Å². The number of thiazole rings is 1. The van der Waals surface area contributed by atoms with Gasteiger partial charge in [0.2, 0.25) is 0 Å². The molecule has 3 rings (SSSR count). The molecule has 1 fully saturated rings. The fourth-order valence-electron chi connectivity index (χ4n) is 2.88. The van der Waals surface area contributed by atoms with Gasteiger partial charge in [-0.15, -0.1) is 11.3 Å². The average molecular weight is 280 g/mol. The van der Waals surface area contributed by atoms with Crippen molar-refractivity contribution >= 4 is 22.1 Å². The molecule has 1 unspecified atom stereocenters. The van der Waals surface area contributed by atoms with E-state index < -0.39 is 0 Å². The Balaban J connectivity index is 1.90. The summed E-state index contributed by atoms with van der Waals surface area (Å²) in [5.74, 6) is 0.956. The fourth-order valence-corrected chi connectivity index (χ4v) is 3.61. The molecule has 1 aliphatic heterocycles. The van der Waals surface area contributed by atoms with E-state index in [1.165, 1.54) is 0 Å². The standard InChI is InChI=1S/C13H20N4OS/c1-3-15-4-5-16(8-10(15)2)12-11(9-18)17-6-7-19-13(17)14-12/h6-7,10,18H,3-5,8-9H2,1-2H3. The van der Waals surface area contributed by atoms with Crippen molar-refractivity contribution in [3.8, 4) is 0 Å². The smallest absolute Gasteiger partial charge is 0.195 e. The molecule has 0 spiro atoms. The van der Waals surface area contributed by atoms with E-state index in [1.54, 1.807) is 11.3 Å². The van der Waals surface area contributed by atoms with Crippen LogP contribution in [0.4, 0.5) is 5.82 Å². The Kier molecular flexibility index (Phi) is 3.47. The number of nitrogens with zero attached hydrogens (tertiary/aromatic N) is 4. The molecule has 2 aromatic heterocycles. The van der Waals surface area contributed by atoms with Crippen molar-refractivity contribution in [3.05, 3.63) is 17.3 Å². The second-order valence-corrected chi connectivity index (χ2v) is 5.89. The molecule has 0 radical (unpaired) electrons. The van der Waals surface area contributed by atoms with Gasteiger partial charge in [0, 0.05) is 37.3 Å². The minimum Gasteiger partial charge on any atom is -0.390 e. The van der Waals surface area contributed by atoms with E-state index in [0.717, 1.165) is 42.7 Å². The molecule has 0 aliphatic carbocycles. The highest BCUT2D eigenvalue weighted by Gasteiger charge is 2.26. The number of piperazine rings is 1. The van der Waals surface area contributed by atoms with E-state index >= 15 is 0 Å². The number of aromatic nitrogens is 2. The lowest BCUT2D eigenvalue weighted by Crippen LogP contribution is -2.52. The maximum absolute atomic E-state index is 9.63. The van der Waals surface area contributed by atoms with Crippen LogP contribution in [0.2, 0.25) is 0 Å². The van der Waals surface area contributed by atoms with E-state index in [1.807, 2.05) is 16.0 Å². The molecule has 1 atom stereocenters. The molecule has 104 valence electrons. The number of fused-ring (bicyclic) bond motifs is 1. The van der Waals surface area contributed by atoms with E-state index in [2.05, 4.69) is 28.6 Å². The fraction of sp³-hybridized carbons (Fsp3) is 0.615. The summed E-state index contributed by atoms with van der Waals surface area (Å²) in [6.45, 7) is 8.62. The van der Waals surface area contributed by atoms with Gasteiger partial charge in [-0.1, -0.05) is 6.92 Å². The maximum Gasteiger partial charge on any atom is 0.195 e. The molecule has 6 heteroatoms. The van der Waals surface area contributed by atoms with Crippen LogP contribution in [0.5, 0.6) is 0 Å². The van der Waals surface area contributed by atoms with Crippen LogP contribution in [0.1, 0.15) is 19.5 Å². The number of likely N-dealkylation sites (N-methyl/N-ethyl adjacent to an activating group) is 1. The van der Waals surface area contributed by atoms with Crippen molar-refractivity contribution in [2.75, 3.05) is 31.1 Å². The highest BCUT2D eigenvalue weighted by Crippen LogP contribution is 2.26. The number of aliphatic hydroxyl groups is 1. The predicted octanol–water partition coefficient (Wildman–Crippen LogP) is 1.42. The number of hydrogen-bond donors (Lipinski definition) is 1. The first-order chi connectivity index (χ1) is 9.24. The molecule has 1 N–H and O–H groups in total. The lowest BCUT2D eigenvalue weighted by molar-refractivity contribution is 0.198. The summed E-state index contributed by atoms with van der Waals surface area (Å²) < 4.78 is 2.00. The molecule has 19 heavy (non-hydrogen) atoms. The first-order valence-electron chi connectivity index (χ1n) is 6.78. The molecule has 2 aromatic rings. The van der Waals surface area contributed by atoms with Crippen molar-refractivity contribution in [1.82, 2.24) is 14.3 Å². The molecule has 3 heterocycles. The number of rotatable bonds is 3. The zero-order valence-corrected chi connectivity index (χ0v) is 12.2. The Morgan fingerprint density at radius 2 is 2.32 bits per heavy atom. The second-order valence-electron chi connectivity index (χ2n) is 5.02. The summed E-state index contributed by atoms with van der Waals surface area (Å²) in [7, 11) is 0. The van der Waals surface area contributed by atoms with E-state index in [-0.39, 0.29) is 6.61 Å². The zero-order valence-electron chi connectivity index (χ0n) is 11.4. The Morgan fingerprint density at radius 3 is 3.00 bits per heavy atom. The molecule has 5 nitrogen and oxygen atoms in total. The summed E-state index contributed by atoms with van der Waals surface area (Å²) in [6.07, 6.45) is 1.98. The number of aliphatic hydroxyl groups excluding tert-OH is 1. The van der Waals surface area contributed by atoms with Crippen LogP contribution in [-0.2, 0) is 6.61 Å². The summed E-state index contributed by atoms with van der Waals surface area (Å²) in [5, 5.41) is 11.6. The third-order valence-corrected chi connectivity index (χ3v) is 4.72. The van der Waals surface area contributed by atoms with E-state index in [0.29, 0.717) is 6.04 Å². The Bertz CT molecular complexity index is 564. The zero-order chi connectivity index (χ0) is 13.4. The van der Waals surface area contributed by atoms with Gasteiger partial charge in [-0.3, -0.25) is 9.30 Å². The lowest BCUT2D eigenvalue weighted by Gasteiger charge is -2.39. The molecule has 1 aliphatic rings. The van der Waals surface area contributed by atoms with Gasteiger partial charge in [0.25, 0.3) is 0 Å². The molecule has 0 aromatic carbocycles. The molecular formula is C13H20N4OS. The van der Waals surface area contributed by atoms with Crippen molar-refractivity contribution in [1.29, 1.82) is 0 Å². The predicted molar refractivity (Wildman–Crippen MR) is 77.9 cm³/mol. The van der Waals surface area contributed by atoms with Gasteiger partial charge >= 0.3 is 0 Å². The first kappa shape index (κ1) is 12.9. The molecule has 0 amide bonds. The van der Waals surface area contributed by atoms with Gasteiger partial charge in [-0.25, -0.2) is 4.98 Å². The third kappa shape index (κ3) is 2.13. The van der Waals surface area contributed by atoms with Crippen LogP contribution in [0.3, 0.4) is 0 Å². The number of hydrogen-bond acceptors (Lipinski definition) is 5. The molecule has 0 saturated carbocycles. The van der Waals surface area contributed by atoms with Crippen molar-refractivity contribution in [2.24, 2.45) is 0 Å². The minimum absolute atomic E-state index is 0.0373. The van der Waals surface area contributed by atoms with E-state index in [9.17, 15) is 5.11 Å². The van der Waals surface area contributed by atoms with Gasteiger partial charge in [-0.2, -0.15) is 0 Å². The highest BCUT2D eigenvalue weighted by molar-refractivity contribution is 7.15. The monoisotopic (exact) mass is 280 g/mol.